The number of aromatic nitrogens is 2. The Morgan fingerprint density at radius 3 is 2.76 bits per heavy atom. The van der Waals surface area contributed by atoms with Crippen LogP contribution in [0.15, 0.2) is 36.8 Å². The first-order valence-corrected chi connectivity index (χ1v) is 17.8. The van der Waals surface area contributed by atoms with Gasteiger partial charge in [-0.25, -0.2) is 15.1 Å². The van der Waals surface area contributed by atoms with Crippen molar-refractivity contribution in [1.29, 1.82) is 0 Å². The number of thiophene rings is 1. The van der Waals surface area contributed by atoms with Crippen molar-refractivity contribution < 1.29 is 31.7 Å². The van der Waals surface area contributed by atoms with Crippen molar-refractivity contribution in [3.63, 3.8) is 0 Å². The normalized spacial score (nSPS) is 22.6. The number of carbonyl (C=O) groups excluding carboxylic acids is 2. The molecule has 0 spiro atoms. The molecule has 2 aromatic heterocycles. The maximum Gasteiger partial charge on any atom is 0.333 e. The number of fused-ring (bicyclic) bond motifs is 1. The maximum atomic E-state index is 13.9. The molecule has 0 radical (unpaired) electrons. The Labute approximate surface area is 277 Å². The maximum absolute atomic E-state index is 13.9. The zero-order valence-electron chi connectivity index (χ0n) is 25.8. The largest absolute Gasteiger partial charge is 0.461 e. The number of ether oxygens (including phenoxy) is 2. The summed E-state index contributed by atoms with van der Waals surface area (Å²) in [5, 5.41) is 8.98. The number of halogens is 1. The minimum atomic E-state index is -4.22. The number of esters is 1. The van der Waals surface area contributed by atoms with Gasteiger partial charge in [0.05, 0.1) is 23.7 Å². The summed E-state index contributed by atoms with van der Waals surface area (Å²) in [7, 11) is -4.22. The molecule has 1 aromatic carbocycles. The topological polar surface area (TPSA) is 186 Å². The predicted molar refractivity (Wildman–Crippen MR) is 174 cm³/mol. The molecule has 248 valence electrons. The number of nitrogens with one attached hydrogen (secondary N) is 1. The summed E-state index contributed by atoms with van der Waals surface area (Å²) in [5.41, 5.74) is 9.41. The molecule has 1 unspecified atom stereocenters. The number of anilines is 1. The second-order valence-electron chi connectivity index (χ2n) is 11.8. The minimum Gasteiger partial charge on any atom is -0.461 e. The monoisotopic (exact) mass is 691 g/mol. The number of carbonyl (C=O) groups is 2. The molecule has 15 heteroatoms. The molecule has 1 aliphatic heterocycles. The first-order valence-electron chi connectivity index (χ1n) is 15.1. The number of nitrogens with two attached hydrogens (primary N) is 2. The Morgan fingerprint density at radius 2 is 2.02 bits per heavy atom. The van der Waals surface area contributed by atoms with E-state index in [4.69, 9.17) is 36.1 Å². The highest BCUT2D eigenvalue weighted by atomic mass is 35.5. The fraction of sp³-hybridized carbons (Fsp3) is 0.484. The van der Waals surface area contributed by atoms with Gasteiger partial charge in [-0.15, -0.1) is 11.3 Å². The smallest absolute Gasteiger partial charge is 0.333 e. The van der Waals surface area contributed by atoms with Gasteiger partial charge in [-0.2, -0.15) is 8.42 Å². The second kappa shape index (κ2) is 14.4. The minimum absolute atomic E-state index is 0.102. The first kappa shape index (κ1) is 34.4. The third-order valence-electron chi connectivity index (χ3n) is 8.68. The summed E-state index contributed by atoms with van der Waals surface area (Å²) >= 11 is 7.67. The van der Waals surface area contributed by atoms with Crippen LogP contribution in [0.3, 0.4) is 0 Å². The number of hydrogen-bond acceptors (Lipinski definition) is 12. The SMILES string of the molecule is CC[C@H](C)[C@H](N)C(=O)O[C@H]1C[C@H](Nc2ncncc2C(=O)c2cc([C@@H]3OCCc4ccc(Cl)cc43)c(C)s2)CC1COS(N)(=O)=O. The highest BCUT2D eigenvalue weighted by Crippen LogP contribution is 2.39. The standard InChI is InChI=1S/C31H38ClN5O7S2/c1-4-16(2)27(33)31(39)44-25-11-21(9-19(25)14-43-46(34,40)41)37-30-24(13-35-15-36-30)28(38)26-12-22(17(3)45-26)29-23-10-20(32)6-5-18(23)7-8-42-29/h5-6,10,12-13,15-16,19,21,25,27,29H,4,7-9,11,14,33H2,1-3H3,(H2,34,40,41)(H,35,36,37)/t16-,19?,21+,25-,27-,29-/m0/s1. The van der Waals surface area contributed by atoms with Crippen LogP contribution in [0.25, 0.3) is 0 Å². The molecule has 1 aliphatic carbocycles. The van der Waals surface area contributed by atoms with E-state index in [-0.39, 0.29) is 36.0 Å². The summed E-state index contributed by atoms with van der Waals surface area (Å²) in [6, 6.07) is 6.48. The van der Waals surface area contributed by atoms with Gasteiger partial charge < -0.3 is 20.5 Å². The highest BCUT2D eigenvalue weighted by molar-refractivity contribution is 7.84. The predicted octanol–water partition coefficient (Wildman–Crippen LogP) is 4.09. The van der Waals surface area contributed by atoms with Crippen LogP contribution in [0.1, 0.15) is 76.0 Å². The van der Waals surface area contributed by atoms with E-state index in [0.717, 1.165) is 28.0 Å². The zero-order chi connectivity index (χ0) is 33.2. The third-order valence-corrected chi connectivity index (χ3v) is 10.4. The van der Waals surface area contributed by atoms with Crippen molar-refractivity contribution in [2.45, 2.75) is 70.7 Å². The van der Waals surface area contributed by atoms with Crippen molar-refractivity contribution in [3.8, 4) is 0 Å². The van der Waals surface area contributed by atoms with Crippen LogP contribution in [0.5, 0.6) is 0 Å². The van der Waals surface area contributed by atoms with Crippen molar-refractivity contribution in [2.75, 3.05) is 18.5 Å². The van der Waals surface area contributed by atoms with Crippen LogP contribution in [-0.2, 0) is 35.2 Å². The van der Waals surface area contributed by atoms with E-state index >= 15 is 0 Å². The molecule has 3 aromatic rings. The molecule has 1 saturated carbocycles. The molecule has 0 bridgehead atoms. The van der Waals surface area contributed by atoms with E-state index in [1.54, 1.807) is 0 Å². The van der Waals surface area contributed by atoms with Crippen LogP contribution < -0.4 is 16.2 Å². The first-order chi connectivity index (χ1) is 21.8. The van der Waals surface area contributed by atoms with E-state index in [1.807, 2.05) is 45.0 Å². The Hall–Kier alpha value is -2.98. The van der Waals surface area contributed by atoms with Crippen LogP contribution in [0.4, 0.5) is 5.82 Å². The van der Waals surface area contributed by atoms with Gasteiger partial charge in [0, 0.05) is 34.5 Å². The molecule has 12 nitrogen and oxygen atoms in total. The number of nitrogens with zero attached hydrogens (tertiary/aromatic N) is 2. The summed E-state index contributed by atoms with van der Waals surface area (Å²) in [4.78, 5) is 36.6. The van der Waals surface area contributed by atoms with Gasteiger partial charge in [-0.05, 0) is 60.6 Å². The highest BCUT2D eigenvalue weighted by Gasteiger charge is 2.40. The van der Waals surface area contributed by atoms with Gasteiger partial charge in [0.1, 0.15) is 30.4 Å². The average molecular weight is 692 g/mol. The molecule has 5 rings (SSSR count). The molecule has 6 atom stereocenters. The molecule has 1 fully saturated rings. The summed E-state index contributed by atoms with van der Waals surface area (Å²) in [6.07, 6.45) is 3.89. The Kier molecular flexibility index (Phi) is 10.8. The van der Waals surface area contributed by atoms with E-state index in [2.05, 4.69) is 15.3 Å². The lowest BCUT2D eigenvalue weighted by Gasteiger charge is -2.26. The number of benzene rings is 1. The van der Waals surface area contributed by atoms with Gasteiger partial charge in [0.2, 0.25) is 5.78 Å². The number of rotatable bonds is 12. The molecule has 2 aliphatic rings. The molecule has 5 N–H and O–H groups in total. The Balaban J connectivity index is 1.35. The van der Waals surface area contributed by atoms with Gasteiger partial charge >= 0.3 is 16.3 Å². The van der Waals surface area contributed by atoms with Crippen molar-refractivity contribution in [1.82, 2.24) is 9.97 Å². The lowest BCUT2D eigenvalue weighted by Crippen LogP contribution is -2.41. The molecule has 46 heavy (non-hydrogen) atoms. The number of ketones is 1. The molecular formula is C31H38ClN5O7S2. The van der Waals surface area contributed by atoms with Crippen LogP contribution in [-0.4, -0.2) is 61.5 Å². The Bertz CT molecular complexity index is 1700. The van der Waals surface area contributed by atoms with Crippen molar-refractivity contribution in [2.24, 2.45) is 22.7 Å². The van der Waals surface area contributed by atoms with Gasteiger partial charge in [0.15, 0.2) is 0 Å². The fourth-order valence-corrected chi connectivity index (χ4v) is 7.44. The summed E-state index contributed by atoms with van der Waals surface area (Å²) < 4.78 is 39.8. The second-order valence-corrected chi connectivity index (χ2v) is 14.7. The average Bonchev–Trinajstić information content (AvgIpc) is 3.60. The molecule has 0 amide bonds. The van der Waals surface area contributed by atoms with Crippen LogP contribution >= 0.6 is 22.9 Å². The van der Waals surface area contributed by atoms with E-state index in [1.165, 1.54) is 23.9 Å². The fourth-order valence-electron chi connectivity index (χ4n) is 5.90. The molecular weight excluding hydrogens is 654 g/mol. The summed E-state index contributed by atoms with van der Waals surface area (Å²) in [6.45, 7) is 6.01. The quantitative estimate of drug-likeness (QED) is 0.183. The number of hydrogen-bond donors (Lipinski definition) is 3. The third kappa shape index (κ3) is 7.93. The molecule has 0 saturated heterocycles. The van der Waals surface area contributed by atoms with Gasteiger partial charge in [-0.3, -0.25) is 13.8 Å². The zero-order valence-corrected chi connectivity index (χ0v) is 28.2. The van der Waals surface area contributed by atoms with Crippen LogP contribution in [0.2, 0.25) is 5.02 Å². The van der Waals surface area contributed by atoms with Crippen molar-refractivity contribution >= 4 is 50.8 Å². The van der Waals surface area contributed by atoms with Crippen LogP contribution in [0, 0.1) is 18.8 Å². The summed E-state index contributed by atoms with van der Waals surface area (Å²) in [5.74, 6) is -1.14. The lowest BCUT2D eigenvalue weighted by atomic mass is 9.93. The molecule has 3 heterocycles. The van der Waals surface area contributed by atoms with E-state index in [0.29, 0.717) is 41.6 Å². The van der Waals surface area contributed by atoms with E-state index < -0.39 is 34.3 Å². The van der Waals surface area contributed by atoms with E-state index in [9.17, 15) is 18.0 Å². The number of aryl methyl sites for hydroxylation is 1. The van der Waals surface area contributed by atoms with Gasteiger partial charge in [0.25, 0.3) is 0 Å². The van der Waals surface area contributed by atoms with Gasteiger partial charge in [-0.1, -0.05) is 37.9 Å². The Morgan fingerprint density at radius 1 is 1.24 bits per heavy atom. The lowest BCUT2D eigenvalue weighted by molar-refractivity contribution is -0.154. The van der Waals surface area contributed by atoms with Crippen molar-refractivity contribution in [3.05, 3.63) is 73.8 Å².